The maximum atomic E-state index is 0. The van der Waals surface area contributed by atoms with Gasteiger partial charge >= 0.3 is 29.6 Å². The molecule has 12 N–H and O–H groups in total. The number of hydrogen-bond acceptors (Lipinski definition) is 0. The van der Waals surface area contributed by atoms with Crippen LogP contribution in [0.2, 0.25) is 0 Å². The maximum absolute atomic E-state index is 0. The van der Waals surface area contributed by atoms with Crippen molar-refractivity contribution in [2.45, 2.75) is 0 Å². The van der Waals surface area contributed by atoms with Crippen LogP contribution >= 0.6 is 0 Å². The Labute approximate surface area is 79.5 Å². The van der Waals surface area contributed by atoms with E-state index in [0.29, 0.717) is 0 Å². The fourth-order valence-corrected chi connectivity index (χ4v) is 0. The Balaban J connectivity index is 0. The first-order chi connectivity index (χ1) is 0. The van der Waals surface area contributed by atoms with Gasteiger partial charge in [0.05, 0.1) is 0 Å². The van der Waals surface area contributed by atoms with Gasteiger partial charge in [-0.2, -0.15) is 0 Å². The molecule has 0 aromatic rings. The van der Waals surface area contributed by atoms with E-state index in [0.717, 1.165) is 0 Å². The summed E-state index contributed by atoms with van der Waals surface area (Å²) in [6.07, 6.45) is 0. The van der Waals surface area contributed by atoms with E-state index in [9.17, 15) is 0 Å². The zero-order valence-corrected chi connectivity index (χ0v) is 3.00. The van der Waals surface area contributed by atoms with Gasteiger partial charge in [0.25, 0.3) is 0 Å². The van der Waals surface area contributed by atoms with Crippen molar-refractivity contribution in [2.75, 3.05) is 0 Å². The molecule has 0 heterocycles. The van der Waals surface area contributed by atoms with Crippen LogP contribution in [0, 0.1) is 0 Å². The molecule has 0 radical (unpaired) electrons. The van der Waals surface area contributed by atoms with Crippen molar-refractivity contribution in [2.24, 2.45) is 0 Å². The van der Waals surface area contributed by atoms with Gasteiger partial charge in [0.1, 0.15) is 0 Å². The van der Waals surface area contributed by atoms with Crippen LogP contribution in [-0.2, 0) is 0 Å². The van der Waals surface area contributed by atoms with Crippen LogP contribution < -0.4 is 0 Å². The summed E-state index contributed by atoms with van der Waals surface area (Å²) in [5.41, 5.74) is 0. The Morgan fingerprint density at radius 2 is 0.375 bits per heavy atom. The molecule has 8 heavy (non-hydrogen) atoms. The zero-order chi connectivity index (χ0) is 0. The van der Waals surface area contributed by atoms with Crippen molar-refractivity contribution in [1.82, 2.24) is 0 Å². The molecule has 56 valence electrons. The second-order valence-electron chi connectivity index (χ2n) is 0. The van der Waals surface area contributed by atoms with Gasteiger partial charge in [-0.15, -0.1) is 0 Å². The first kappa shape index (κ1) is 383. The molecule has 8 heteroatoms. The van der Waals surface area contributed by atoms with Crippen LogP contribution in [0.25, 0.3) is 0 Å². The summed E-state index contributed by atoms with van der Waals surface area (Å²) in [4.78, 5) is 0. The third kappa shape index (κ3) is 173. The van der Waals surface area contributed by atoms with E-state index in [1.165, 1.54) is 0 Å². The average Bonchev–Trinajstić information content (AvgIpc) is 0. The summed E-state index contributed by atoms with van der Waals surface area (Å²) < 4.78 is 0. The Kier molecular flexibility index (Phi) is 12600. The standard InChI is InChI=1S/Al.Na.6H2O.4H/h;;6*1H2;;;;. The van der Waals surface area contributed by atoms with E-state index in [-0.39, 0.29) is 79.8 Å². The SMILES string of the molecule is O.O.O.O.O.O.[AlH3].[NaH]. The molecule has 0 aliphatic carbocycles. The van der Waals surface area contributed by atoms with Gasteiger partial charge < -0.3 is 32.9 Å². The van der Waals surface area contributed by atoms with Gasteiger partial charge in [0.15, 0.2) is 17.4 Å². The van der Waals surface area contributed by atoms with Crippen LogP contribution in [-0.4, -0.2) is 79.8 Å². The topological polar surface area (TPSA) is 189 Å². The van der Waals surface area contributed by atoms with Crippen molar-refractivity contribution in [1.29, 1.82) is 0 Å². The van der Waals surface area contributed by atoms with E-state index >= 15 is 0 Å². The molecule has 0 amide bonds. The molecule has 0 rings (SSSR count). The summed E-state index contributed by atoms with van der Waals surface area (Å²) in [5, 5.41) is 0. The normalized spacial score (nSPS) is 0. The van der Waals surface area contributed by atoms with Crippen molar-refractivity contribution >= 4 is 46.9 Å². The van der Waals surface area contributed by atoms with Crippen LogP contribution in [0.15, 0.2) is 0 Å². The summed E-state index contributed by atoms with van der Waals surface area (Å²) in [6, 6.07) is 0. The molecule has 0 fully saturated rings. The van der Waals surface area contributed by atoms with E-state index in [4.69, 9.17) is 0 Å². The minimum atomic E-state index is 0. The predicted octanol–water partition coefficient (Wildman–Crippen LogP) is -6.78. The quantitative estimate of drug-likeness (QED) is 0.306. The molecule has 0 bridgehead atoms. The zero-order valence-electron chi connectivity index (χ0n) is 3.00. The average molecular weight is 162 g/mol. The molecular weight excluding hydrogens is 146 g/mol. The number of rotatable bonds is 0. The van der Waals surface area contributed by atoms with Gasteiger partial charge in [0.2, 0.25) is 0 Å². The van der Waals surface area contributed by atoms with E-state index in [1.54, 1.807) is 0 Å². The van der Waals surface area contributed by atoms with Crippen molar-refractivity contribution in [3.8, 4) is 0 Å². The third-order valence-electron chi connectivity index (χ3n) is 0. The fraction of sp³-hybridized carbons (Fsp3) is 0. The Hall–Kier alpha value is 1.29. The van der Waals surface area contributed by atoms with Crippen LogP contribution in [0.5, 0.6) is 0 Å². The Bertz CT molecular complexity index is 8.49. The molecule has 6 nitrogen and oxygen atoms in total. The van der Waals surface area contributed by atoms with Crippen molar-refractivity contribution < 1.29 is 32.9 Å². The minimum absolute atomic E-state index is 0. The van der Waals surface area contributed by atoms with Gasteiger partial charge in [-0.1, -0.05) is 0 Å². The molecule has 0 spiro atoms. The summed E-state index contributed by atoms with van der Waals surface area (Å²) in [6.45, 7) is 0. The van der Waals surface area contributed by atoms with E-state index in [1.807, 2.05) is 0 Å². The summed E-state index contributed by atoms with van der Waals surface area (Å²) >= 11 is 0. The second kappa shape index (κ2) is 264. The Morgan fingerprint density at radius 1 is 0.375 bits per heavy atom. The van der Waals surface area contributed by atoms with Crippen molar-refractivity contribution in [3.63, 3.8) is 0 Å². The van der Waals surface area contributed by atoms with Gasteiger partial charge in [-0.3, -0.25) is 0 Å². The van der Waals surface area contributed by atoms with Gasteiger partial charge in [-0.05, 0) is 0 Å². The molecule has 0 saturated heterocycles. The predicted molar refractivity (Wildman–Crippen MR) is 38.8 cm³/mol. The molecule has 0 saturated carbocycles. The van der Waals surface area contributed by atoms with Crippen LogP contribution in [0.3, 0.4) is 0 Å². The van der Waals surface area contributed by atoms with Crippen LogP contribution in [0.4, 0.5) is 0 Å². The molecule has 0 unspecified atom stereocenters. The van der Waals surface area contributed by atoms with E-state index in [2.05, 4.69) is 0 Å². The second-order valence-corrected chi connectivity index (χ2v) is 0. The number of hydrogen-bond donors (Lipinski definition) is 0. The molecule has 0 aromatic heterocycles. The Morgan fingerprint density at radius 3 is 0.375 bits per heavy atom. The molecule has 0 aliphatic heterocycles. The van der Waals surface area contributed by atoms with Crippen molar-refractivity contribution in [3.05, 3.63) is 0 Å². The van der Waals surface area contributed by atoms with Gasteiger partial charge in [0, 0.05) is 0 Å². The first-order valence-corrected chi connectivity index (χ1v) is 0. The fourth-order valence-electron chi connectivity index (χ4n) is 0. The molecule has 0 atom stereocenters. The van der Waals surface area contributed by atoms with Gasteiger partial charge in [-0.25, -0.2) is 0 Å². The van der Waals surface area contributed by atoms with Crippen LogP contribution in [0.1, 0.15) is 0 Å². The summed E-state index contributed by atoms with van der Waals surface area (Å²) in [5.74, 6) is 0. The summed E-state index contributed by atoms with van der Waals surface area (Å²) in [7, 11) is 0. The monoisotopic (exact) mass is 162 g/mol. The first-order valence-electron chi connectivity index (χ1n) is 0. The molecule has 0 aromatic carbocycles. The van der Waals surface area contributed by atoms with E-state index < -0.39 is 0 Å². The molecule has 0 aliphatic rings. The third-order valence-corrected chi connectivity index (χ3v) is 0. The molecular formula is H16AlNaO6.